The summed E-state index contributed by atoms with van der Waals surface area (Å²) in [5.74, 6) is -0.0314. The Labute approximate surface area is 139 Å². The van der Waals surface area contributed by atoms with E-state index in [0.29, 0.717) is 11.4 Å². The highest BCUT2D eigenvalue weighted by molar-refractivity contribution is 5.92. The molecular weight excluding hydrogens is 312 g/mol. The zero-order chi connectivity index (χ0) is 17.5. The molecule has 0 aliphatic heterocycles. The van der Waals surface area contributed by atoms with Gasteiger partial charge in [-0.2, -0.15) is 0 Å². The molecule has 2 rings (SSSR count). The highest BCUT2D eigenvalue weighted by Gasteiger charge is 2.17. The lowest BCUT2D eigenvalue weighted by molar-refractivity contribution is -0.385. The summed E-state index contributed by atoms with van der Waals surface area (Å²) in [4.78, 5) is 22.5. The largest absolute Gasteiger partial charge is 0.496 e. The average molecular weight is 330 g/mol. The lowest BCUT2D eigenvalue weighted by Gasteiger charge is -2.11. The normalized spacial score (nSPS) is 10.1. The van der Waals surface area contributed by atoms with E-state index in [4.69, 9.17) is 9.47 Å². The molecule has 7 heteroatoms. The SMILES string of the molecule is CCc1ccccc1NC(=O)COc1ccc(OC)cc1[N+](=O)[O-]. The van der Waals surface area contributed by atoms with Gasteiger partial charge in [0, 0.05) is 5.69 Å². The molecule has 2 aromatic carbocycles. The van der Waals surface area contributed by atoms with E-state index in [1.165, 1.54) is 25.3 Å². The Morgan fingerprint density at radius 1 is 1.25 bits per heavy atom. The summed E-state index contributed by atoms with van der Waals surface area (Å²) in [5, 5.41) is 13.8. The molecule has 0 heterocycles. The van der Waals surface area contributed by atoms with Crippen molar-refractivity contribution in [2.24, 2.45) is 0 Å². The summed E-state index contributed by atoms with van der Waals surface area (Å²) in [6, 6.07) is 11.6. The van der Waals surface area contributed by atoms with Gasteiger partial charge in [0.1, 0.15) is 5.75 Å². The van der Waals surface area contributed by atoms with Crippen LogP contribution in [0, 0.1) is 10.1 Å². The van der Waals surface area contributed by atoms with E-state index in [9.17, 15) is 14.9 Å². The molecule has 0 radical (unpaired) electrons. The lowest BCUT2D eigenvalue weighted by atomic mass is 10.1. The molecule has 1 N–H and O–H groups in total. The molecule has 2 aromatic rings. The third kappa shape index (κ3) is 4.22. The van der Waals surface area contributed by atoms with Gasteiger partial charge in [-0.3, -0.25) is 14.9 Å². The molecule has 24 heavy (non-hydrogen) atoms. The van der Waals surface area contributed by atoms with Crippen LogP contribution >= 0.6 is 0 Å². The van der Waals surface area contributed by atoms with Crippen LogP contribution in [0.4, 0.5) is 11.4 Å². The number of ether oxygens (including phenoxy) is 2. The van der Waals surface area contributed by atoms with Crippen molar-refractivity contribution in [3.63, 3.8) is 0 Å². The maximum Gasteiger partial charge on any atom is 0.314 e. The van der Waals surface area contributed by atoms with Crippen molar-refractivity contribution in [2.45, 2.75) is 13.3 Å². The Kier molecular flexibility index (Phi) is 5.73. The second-order valence-corrected chi connectivity index (χ2v) is 4.94. The molecule has 0 aliphatic rings. The number of nitro groups is 1. The zero-order valence-corrected chi connectivity index (χ0v) is 13.4. The van der Waals surface area contributed by atoms with Crippen LogP contribution in [0.25, 0.3) is 0 Å². The number of rotatable bonds is 7. The number of hydrogen-bond acceptors (Lipinski definition) is 5. The number of anilines is 1. The minimum absolute atomic E-state index is 0.0136. The number of carbonyl (C=O) groups is 1. The number of amides is 1. The number of nitro benzene ring substituents is 1. The predicted octanol–water partition coefficient (Wildman–Crippen LogP) is 3.18. The lowest BCUT2D eigenvalue weighted by Crippen LogP contribution is -2.21. The van der Waals surface area contributed by atoms with E-state index in [-0.39, 0.29) is 24.0 Å². The summed E-state index contributed by atoms with van der Waals surface area (Å²) in [5.41, 5.74) is 1.45. The summed E-state index contributed by atoms with van der Waals surface area (Å²) in [6.07, 6.45) is 0.779. The maximum atomic E-state index is 12.0. The number of para-hydroxylation sites is 1. The van der Waals surface area contributed by atoms with Gasteiger partial charge in [0.15, 0.2) is 12.4 Å². The Bertz CT molecular complexity index is 746. The average Bonchev–Trinajstić information content (AvgIpc) is 2.60. The number of carbonyl (C=O) groups excluding carboxylic acids is 1. The van der Waals surface area contributed by atoms with E-state index in [1.807, 2.05) is 25.1 Å². The molecule has 0 bridgehead atoms. The number of benzene rings is 2. The number of nitrogens with zero attached hydrogens (tertiary/aromatic N) is 1. The highest BCUT2D eigenvalue weighted by atomic mass is 16.6. The fraction of sp³-hybridized carbons (Fsp3) is 0.235. The van der Waals surface area contributed by atoms with Gasteiger partial charge in [-0.15, -0.1) is 0 Å². The quantitative estimate of drug-likeness (QED) is 0.622. The van der Waals surface area contributed by atoms with Gasteiger partial charge in [-0.1, -0.05) is 25.1 Å². The minimum Gasteiger partial charge on any atom is -0.496 e. The Hall–Kier alpha value is -3.09. The van der Waals surface area contributed by atoms with Crippen molar-refractivity contribution in [1.29, 1.82) is 0 Å². The van der Waals surface area contributed by atoms with Crippen LogP contribution in [0.15, 0.2) is 42.5 Å². The van der Waals surface area contributed by atoms with Gasteiger partial charge in [-0.25, -0.2) is 0 Å². The highest BCUT2D eigenvalue weighted by Crippen LogP contribution is 2.31. The topological polar surface area (TPSA) is 90.7 Å². The fourth-order valence-corrected chi connectivity index (χ4v) is 2.17. The van der Waals surface area contributed by atoms with Crippen molar-refractivity contribution in [3.05, 3.63) is 58.1 Å². The van der Waals surface area contributed by atoms with Crippen LogP contribution in [0.5, 0.6) is 11.5 Å². The van der Waals surface area contributed by atoms with Crippen LogP contribution in [-0.2, 0) is 11.2 Å². The first-order valence-corrected chi connectivity index (χ1v) is 7.38. The van der Waals surface area contributed by atoms with Crippen molar-refractivity contribution in [1.82, 2.24) is 0 Å². The molecule has 126 valence electrons. The first-order chi connectivity index (χ1) is 11.5. The third-order valence-electron chi connectivity index (χ3n) is 3.39. The van der Waals surface area contributed by atoms with Gasteiger partial charge < -0.3 is 14.8 Å². The van der Waals surface area contributed by atoms with Gasteiger partial charge >= 0.3 is 5.69 Å². The van der Waals surface area contributed by atoms with Crippen molar-refractivity contribution in [3.8, 4) is 11.5 Å². The van der Waals surface area contributed by atoms with E-state index in [0.717, 1.165) is 12.0 Å². The predicted molar refractivity (Wildman–Crippen MR) is 89.6 cm³/mol. The molecule has 0 aliphatic carbocycles. The number of methoxy groups -OCH3 is 1. The molecule has 0 saturated carbocycles. The molecule has 0 saturated heterocycles. The Morgan fingerprint density at radius 3 is 2.67 bits per heavy atom. The van der Waals surface area contributed by atoms with Gasteiger partial charge in [0.2, 0.25) is 0 Å². The van der Waals surface area contributed by atoms with Gasteiger partial charge in [0.25, 0.3) is 5.91 Å². The smallest absolute Gasteiger partial charge is 0.314 e. The molecular formula is C17H18N2O5. The van der Waals surface area contributed by atoms with Gasteiger partial charge in [-0.05, 0) is 30.2 Å². The fourth-order valence-electron chi connectivity index (χ4n) is 2.17. The van der Waals surface area contributed by atoms with Gasteiger partial charge in [0.05, 0.1) is 18.1 Å². The minimum atomic E-state index is -0.581. The van der Waals surface area contributed by atoms with E-state index in [1.54, 1.807) is 6.07 Å². The summed E-state index contributed by atoms with van der Waals surface area (Å²) in [7, 11) is 1.41. The van der Waals surface area contributed by atoms with E-state index < -0.39 is 4.92 Å². The van der Waals surface area contributed by atoms with Crippen LogP contribution < -0.4 is 14.8 Å². The molecule has 0 atom stereocenters. The third-order valence-corrected chi connectivity index (χ3v) is 3.39. The summed E-state index contributed by atoms with van der Waals surface area (Å²) >= 11 is 0. The number of hydrogen-bond donors (Lipinski definition) is 1. The summed E-state index contributed by atoms with van der Waals surface area (Å²) < 4.78 is 10.2. The summed E-state index contributed by atoms with van der Waals surface area (Å²) in [6.45, 7) is 1.66. The van der Waals surface area contributed by atoms with Crippen LogP contribution in [0.3, 0.4) is 0 Å². The zero-order valence-electron chi connectivity index (χ0n) is 13.4. The Balaban J connectivity index is 2.05. The van der Waals surface area contributed by atoms with E-state index in [2.05, 4.69) is 5.32 Å². The molecule has 7 nitrogen and oxygen atoms in total. The monoisotopic (exact) mass is 330 g/mol. The molecule has 0 unspecified atom stereocenters. The first-order valence-electron chi connectivity index (χ1n) is 7.38. The molecule has 0 spiro atoms. The number of aryl methyl sites for hydroxylation is 1. The standard InChI is InChI=1S/C17H18N2O5/c1-3-12-6-4-5-7-14(12)18-17(20)11-24-16-9-8-13(23-2)10-15(16)19(21)22/h4-10H,3,11H2,1-2H3,(H,18,20). The molecule has 1 amide bonds. The van der Waals surface area contributed by atoms with Crippen molar-refractivity contribution >= 4 is 17.3 Å². The molecule has 0 aromatic heterocycles. The van der Waals surface area contributed by atoms with E-state index >= 15 is 0 Å². The first kappa shape index (κ1) is 17.3. The van der Waals surface area contributed by atoms with Crippen molar-refractivity contribution < 1.29 is 19.2 Å². The second kappa shape index (κ2) is 7.96. The molecule has 0 fully saturated rings. The van der Waals surface area contributed by atoms with Crippen LogP contribution in [-0.4, -0.2) is 24.5 Å². The van der Waals surface area contributed by atoms with Crippen LogP contribution in [0.1, 0.15) is 12.5 Å². The van der Waals surface area contributed by atoms with Crippen molar-refractivity contribution in [2.75, 3.05) is 19.0 Å². The Morgan fingerprint density at radius 2 is 2.00 bits per heavy atom. The second-order valence-electron chi connectivity index (χ2n) is 4.94. The maximum absolute atomic E-state index is 12.0. The number of nitrogens with one attached hydrogen (secondary N) is 1. The van der Waals surface area contributed by atoms with Crippen LogP contribution in [0.2, 0.25) is 0 Å².